The van der Waals surface area contributed by atoms with Gasteiger partial charge in [-0.2, -0.15) is 0 Å². The quantitative estimate of drug-likeness (QED) is 0.554. The van der Waals surface area contributed by atoms with Gasteiger partial charge >= 0.3 is 0 Å². The van der Waals surface area contributed by atoms with Crippen LogP contribution in [0.4, 0.5) is 5.69 Å². The van der Waals surface area contributed by atoms with Gasteiger partial charge in [-0.1, -0.05) is 18.2 Å². The lowest BCUT2D eigenvalue weighted by Crippen LogP contribution is -2.21. The van der Waals surface area contributed by atoms with Crippen LogP contribution >= 0.6 is 0 Å². The number of ether oxygens (including phenoxy) is 2. The van der Waals surface area contributed by atoms with E-state index < -0.39 is 0 Å². The van der Waals surface area contributed by atoms with Crippen LogP contribution in [0.25, 0.3) is 10.8 Å². The Morgan fingerprint density at radius 3 is 2.74 bits per heavy atom. The van der Waals surface area contributed by atoms with E-state index in [2.05, 4.69) is 10.3 Å². The third-order valence-electron chi connectivity index (χ3n) is 5.15. The fraction of sp³-hybridized carbons (Fsp3) is 0.125. The molecule has 0 saturated carbocycles. The molecule has 2 aromatic carbocycles. The summed E-state index contributed by atoms with van der Waals surface area (Å²) in [5.41, 5.74) is 1.75. The number of hydrogen-bond acceptors (Lipinski definition) is 5. The molecule has 0 fully saturated rings. The molecule has 0 bridgehead atoms. The van der Waals surface area contributed by atoms with Crippen LogP contribution in [0.1, 0.15) is 15.9 Å². The molecule has 2 aromatic heterocycles. The first-order valence-corrected chi connectivity index (χ1v) is 9.92. The van der Waals surface area contributed by atoms with Crippen molar-refractivity contribution < 1.29 is 14.3 Å². The molecule has 4 aromatic rings. The Hall–Kier alpha value is -4.13. The normalized spacial score (nSPS) is 12.5. The fourth-order valence-electron chi connectivity index (χ4n) is 3.68. The molecule has 1 aliphatic rings. The van der Waals surface area contributed by atoms with Gasteiger partial charge in [0.1, 0.15) is 13.2 Å². The zero-order valence-corrected chi connectivity index (χ0v) is 16.6. The third kappa shape index (κ3) is 3.61. The summed E-state index contributed by atoms with van der Waals surface area (Å²) >= 11 is 0. The molecule has 1 aliphatic heterocycles. The number of para-hydroxylation sites is 1. The van der Waals surface area contributed by atoms with Gasteiger partial charge in [-0.25, -0.2) is 0 Å². The van der Waals surface area contributed by atoms with Crippen molar-refractivity contribution in [2.45, 2.75) is 6.54 Å². The number of hydrogen-bond donors (Lipinski definition) is 1. The Labute approximate surface area is 177 Å². The number of amides is 1. The van der Waals surface area contributed by atoms with Crippen molar-refractivity contribution in [3.05, 3.63) is 94.7 Å². The van der Waals surface area contributed by atoms with Crippen molar-refractivity contribution in [1.82, 2.24) is 9.55 Å². The molecular weight excluding hydrogens is 394 g/mol. The van der Waals surface area contributed by atoms with E-state index in [0.29, 0.717) is 53.3 Å². The van der Waals surface area contributed by atoms with E-state index >= 15 is 0 Å². The first kappa shape index (κ1) is 18.9. The highest BCUT2D eigenvalue weighted by Crippen LogP contribution is 2.34. The first-order chi connectivity index (χ1) is 15.2. The van der Waals surface area contributed by atoms with Crippen molar-refractivity contribution in [3.63, 3.8) is 0 Å². The van der Waals surface area contributed by atoms with Gasteiger partial charge in [0.15, 0.2) is 11.5 Å². The Morgan fingerprint density at radius 1 is 1.00 bits per heavy atom. The summed E-state index contributed by atoms with van der Waals surface area (Å²) in [6.45, 7) is 1.27. The minimum absolute atomic E-state index is 0.133. The van der Waals surface area contributed by atoms with Crippen LogP contribution in [0.3, 0.4) is 0 Å². The second-order valence-corrected chi connectivity index (χ2v) is 7.16. The van der Waals surface area contributed by atoms with E-state index in [1.165, 1.54) is 0 Å². The van der Waals surface area contributed by atoms with E-state index in [4.69, 9.17) is 9.47 Å². The molecule has 7 nitrogen and oxygen atoms in total. The highest BCUT2D eigenvalue weighted by Gasteiger charge is 2.21. The Bertz CT molecular complexity index is 1330. The van der Waals surface area contributed by atoms with Crippen molar-refractivity contribution in [1.29, 1.82) is 0 Å². The van der Waals surface area contributed by atoms with Gasteiger partial charge in [0.2, 0.25) is 0 Å². The van der Waals surface area contributed by atoms with Gasteiger partial charge in [-0.15, -0.1) is 0 Å². The molecule has 1 N–H and O–H groups in total. The molecule has 154 valence electrons. The van der Waals surface area contributed by atoms with Crippen LogP contribution in [0, 0.1) is 0 Å². The second kappa shape index (κ2) is 7.95. The maximum atomic E-state index is 13.0. The van der Waals surface area contributed by atoms with Crippen LogP contribution in [0.5, 0.6) is 11.5 Å². The Morgan fingerprint density at radius 2 is 1.87 bits per heavy atom. The number of pyridine rings is 2. The molecule has 0 saturated heterocycles. The van der Waals surface area contributed by atoms with Crippen LogP contribution in [-0.4, -0.2) is 28.7 Å². The molecule has 0 unspecified atom stereocenters. The van der Waals surface area contributed by atoms with Crippen molar-refractivity contribution in [2.75, 3.05) is 18.5 Å². The summed E-state index contributed by atoms with van der Waals surface area (Å²) < 4.78 is 12.8. The summed E-state index contributed by atoms with van der Waals surface area (Å²) in [5, 5.41) is 4.11. The molecule has 0 aliphatic carbocycles. The van der Waals surface area contributed by atoms with Crippen molar-refractivity contribution in [3.8, 4) is 11.5 Å². The van der Waals surface area contributed by atoms with Gasteiger partial charge in [0.25, 0.3) is 11.5 Å². The molecule has 0 atom stereocenters. The molecule has 5 rings (SSSR count). The number of anilines is 1. The van der Waals surface area contributed by atoms with E-state index in [9.17, 15) is 9.59 Å². The van der Waals surface area contributed by atoms with Gasteiger partial charge < -0.3 is 19.4 Å². The van der Waals surface area contributed by atoms with Crippen LogP contribution in [0.15, 0.2) is 78.0 Å². The van der Waals surface area contributed by atoms with Crippen molar-refractivity contribution in [2.24, 2.45) is 0 Å². The lowest BCUT2D eigenvalue weighted by molar-refractivity contribution is 0.101. The average Bonchev–Trinajstić information content (AvgIpc) is 2.81. The number of carbonyl (C=O) groups is 1. The number of carbonyl (C=O) groups excluding carboxylic acids is 1. The van der Waals surface area contributed by atoms with E-state index in [1.807, 2.05) is 18.2 Å². The Kier molecular flexibility index (Phi) is 4.84. The molecule has 1 amide bonds. The SMILES string of the molecule is O=C(Nc1cccc2c(=O)n(Cc3cccnc3)ccc12)c1cccc2c1OCCO2. The van der Waals surface area contributed by atoms with Crippen LogP contribution in [0.2, 0.25) is 0 Å². The minimum Gasteiger partial charge on any atom is -0.486 e. The predicted octanol–water partition coefficient (Wildman–Crippen LogP) is 3.47. The van der Waals surface area contributed by atoms with E-state index in [-0.39, 0.29) is 11.5 Å². The maximum absolute atomic E-state index is 13.0. The molecule has 3 heterocycles. The predicted molar refractivity (Wildman–Crippen MR) is 117 cm³/mol. The number of benzene rings is 2. The summed E-state index contributed by atoms with van der Waals surface area (Å²) in [6, 6.07) is 16.1. The maximum Gasteiger partial charge on any atom is 0.259 e. The van der Waals surface area contributed by atoms with Crippen molar-refractivity contribution >= 4 is 22.4 Å². The summed E-state index contributed by atoms with van der Waals surface area (Å²) in [7, 11) is 0. The topological polar surface area (TPSA) is 82.5 Å². The lowest BCUT2D eigenvalue weighted by atomic mass is 10.1. The van der Waals surface area contributed by atoms with Gasteiger partial charge in [0, 0.05) is 35.1 Å². The van der Waals surface area contributed by atoms with Crippen LogP contribution in [-0.2, 0) is 6.54 Å². The summed E-state index contributed by atoms with van der Waals surface area (Å²) in [5.74, 6) is 0.662. The number of nitrogens with one attached hydrogen (secondary N) is 1. The highest BCUT2D eigenvalue weighted by molar-refractivity contribution is 6.10. The Balaban J connectivity index is 1.48. The monoisotopic (exact) mass is 413 g/mol. The molecule has 0 spiro atoms. The highest BCUT2D eigenvalue weighted by atomic mass is 16.6. The zero-order valence-electron chi connectivity index (χ0n) is 16.6. The largest absolute Gasteiger partial charge is 0.486 e. The van der Waals surface area contributed by atoms with Gasteiger partial charge in [-0.05, 0) is 42.0 Å². The van der Waals surface area contributed by atoms with E-state index in [1.54, 1.807) is 59.6 Å². The average molecular weight is 413 g/mol. The van der Waals surface area contributed by atoms with Gasteiger partial charge in [0.05, 0.1) is 12.1 Å². The lowest BCUT2D eigenvalue weighted by Gasteiger charge is -2.20. The first-order valence-electron chi connectivity index (χ1n) is 9.92. The third-order valence-corrected chi connectivity index (χ3v) is 5.15. The number of aromatic nitrogens is 2. The summed E-state index contributed by atoms with van der Waals surface area (Å²) in [6.07, 6.45) is 5.16. The molecule has 0 radical (unpaired) electrons. The molecular formula is C24H19N3O4. The standard InChI is InChI=1S/C24H19N3O4/c28-23(19-6-2-8-21-22(19)31-13-12-30-21)26-20-7-1-5-18-17(20)9-11-27(24(18)29)15-16-4-3-10-25-14-16/h1-11,14H,12-13,15H2,(H,26,28). The molecule has 31 heavy (non-hydrogen) atoms. The van der Waals surface area contributed by atoms with E-state index in [0.717, 1.165) is 5.56 Å². The minimum atomic E-state index is -0.325. The number of rotatable bonds is 4. The fourth-order valence-corrected chi connectivity index (χ4v) is 3.68. The van der Waals surface area contributed by atoms with Crippen LogP contribution < -0.4 is 20.3 Å². The molecule has 7 heteroatoms. The van der Waals surface area contributed by atoms with Gasteiger partial charge in [-0.3, -0.25) is 14.6 Å². The number of nitrogens with zero attached hydrogens (tertiary/aromatic N) is 2. The smallest absolute Gasteiger partial charge is 0.259 e. The summed E-state index contributed by atoms with van der Waals surface area (Å²) in [4.78, 5) is 30.1. The zero-order chi connectivity index (χ0) is 21.2. The number of fused-ring (bicyclic) bond motifs is 2. The second-order valence-electron chi connectivity index (χ2n) is 7.16.